The first-order valence-corrected chi connectivity index (χ1v) is 9.12. The molecular weight excluding hydrogens is 374 g/mol. The molecule has 29 heavy (non-hydrogen) atoms. The number of esters is 1. The fourth-order valence-electron chi connectivity index (χ4n) is 2.67. The molecule has 0 saturated heterocycles. The number of ether oxygens (including phenoxy) is 3. The molecule has 2 aromatic rings. The summed E-state index contributed by atoms with van der Waals surface area (Å²) in [6.45, 7) is 2.98. The second-order valence-corrected chi connectivity index (χ2v) is 6.52. The summed E-state index contributed by atoms with van der Waals surface area (Å²) < 4.78 is 15.8. The molecule has 1 amide bonds. The molecule has 0 unspecified atom stereocenters. The summed E-state index contributed by atoms with van der Waals surface area (Å²) in [6, 6.07) is 14.2. The van der Waals surface area contributed by atoms with Gasteiger partial charge in [0.1, 0.15) is 0 Å². The monoisotopic (exact) mass is 399 g/mol. The van der Waals surface area contributed by atoms with E-state index in [4.69, 9.17) is 14.2 Å². The van der Waals surface area contributed by atoms with Crippen molar-refractivity contribution in [1.29, 1.82) is 0 Å². The van der Waals surface area contributed by atoms with Crippen LogP contribution in [0.2, 0.25) is 0 Å². The Kier molecular flexibility index (Phi) is 7.77. The van der Waals surface area contributed by atoms with Crippen molar-refractivity contribution in [3.05, 3.63) is 59.7 Å². The van der Waals surface area contributed by atoms with Crippen LogP contribution in [0.4, 0.5) is 0 Å². The molecule has 0 aliphatic heterocycles. The molecule has 0 saturated carbocycles. The van der Waals surface area contributed by atoms with Crippen molar-refractivity contribution in [2.45, 2.75) is 26.5 Å². The number of Topliss-reactive ketones (excluding diaryl/α,β-unsaturated/α-hetero) is 1. The number of rotatable bonds is 9. The van der Waals surface area contributed by atoms with E-state index >= 15 is 0 Å². The Morgan fingerprint density at radius 3 is 2.34 bits per heavy atom. The highest BCUT2D eigenvalue weighted by molar-refractivity contribution is 5.94. The number of amides is 1. The topological polar surface area (TPSA) is 82.1 Å². The van der Waals surface area contributed by atoms with Crippen LogP contribution >= 0.6 is 0 Å². The first kappa shape index (κ1) is 21.9. The first-order valence-electron chi connectivity index (χ1n) is 9.12. The van der Waals surface area contributed by atoms with Crippen molar-refractivity contribution in [3.8, 4) is 11.5 Å². The summed E-state index contributed by atoms with van der Waals surface area (Å²) in [7, 11) is 3.09. The van der Waals surface area contributed by atoms with Crippen LogP contribution in [0.25, 0.3) is 0 Å². The van der Waals surface area contributed by atoms with Crippen LogP contribution in [0, 0.1) is 0 Å². The average Bonchev–Trinajstić information content (AvgIpc) is 2.72. The summed E-state index contributed by atoms with van der Waals surface area (Å²) in [6.07, 6.45) is -0.943. The predicted octanol–water partition coefficient (Wildman–Crippen LogP) is 2.87. The van der Waals surface area contributed by atoms with Gasteiger partial charge in [-0.15, -0.1) is 0 Å². The summed E-state index contributed by atoms with van der Waals surface area (Å²) in [4.78, 5) is 37.4. The minimum absolute atomic E-state index is 0.110. The molecule has 0 N–H and O–H groups in total. The Hall–Kier alpha value is -3.35. The van der Waals surface area contributed by atoms with Gasteiger partial charge in [-0.3, -0.25) is 9.59 Å². The van der Waals surface area contributed by atoms with Crippen molar-refractivity contribution < 1.29 is 28.6 Å². The lowest BCUT2D eigenvalue weighted by atomic mass is 10.1. The maximum Gasteiger partial charge on any atom is 0.344 e. The van der Waals surface area contributed by atoms with E-state index in [-0.39, 0.29) is 11.7 Å². The third-order valence-electron chi connectivity index (χ3n) is 4.21. The standard InChI is InChI=1S/C22H25NO6/c1-15(24)18-10-11-19(20(12-18)27-4)28-14-21(25)29-16(2)22(26)23(3)13-17-8-6-5-7-9-17/h5-12,16H,13-14H2,1-4H3/t16-/m1/s1. The number of carbonyl (C=O) groups excluding carboxylic acids is 3. The third-order valence-corrected chi connectivity index (χ3v) is 4.21. The second-order valence-electron chi connectivity index (χ2n) is 6.52. The predicted molar refractivity (Wildman–Crippen MR) is 107 cm³/mol. The molecule has 154 valence electrons. The maximum atomic E-state index is 12.4. The first-order chi connectivity index (χ1) is 13.8. The molecule has 0 aliphatic rings. The molecule has 2 rings (SSSR count). The Balaban J connectivity index is 1.88. The quantitative estimate of drug-likeness (QED) is 0.476. The molecule has 0 radical (unpaired) electrons. The van der Waals surface area contributed by atoms with E-state index in [2.05, 4.69) is 0 Å². The summed E-state index contributed by atoms with van der Waals surface area (Å²) in [5.74, 6) is -0.477. The van der Waals surface area contributed by atoms with Crippen LogP contribution in [0.1, 0.15) is 29.8 Å². The average molecular weight is 399 g/mol. The van der Waals surface area contributed by atoms with Crippen molar-refractivity contribution in [1.82, 2.24) is 4.90 Å². The Bertz CT molecular complexity index is 865. The lowest BCUT2D eigenvalue weighted by Crippen LogP contribution is -2.37. The Morgan fingerprint density at radius 1 is 1.03 bits per heavy atom. The Labute approximate surface area is 170 Å². The summed E-state index contributed by atoms with van der Waals surface area (Å²) in [5.41, 5.74) is 1.45. The Morgan fingerprint density at radius 2 is 1.72 bits per heavy atom. The van der Waals surface area contributed by atoms with Crippen LogP contribution in [0.5, 0.6) is 11.5 Å². The molecular formula is C22H25NO6. The second kappa shape index (κ2) is 10.3. The van der Waals surface area contributed by atoms with E-state index in [1.54, 1.807) is 19.2 Å². The summed E-state index contributed by atoms with van der Waals surface area (Å²) in [5, 5.41) is 0. The van der Waals surface area contributed by atoms with Crippen LogP contribution in [-0.2, 0) is 20.9 Å². The number of nitrogens with zero attached hydrogens (tertiary/aromatic N) is 1. The van der Waals surface area contributed by atoms with E-state index in [1.165, 1.54) is 31.9 Å². The lowest BCUT2D eigenvalue weighted by molar-refractivity contribution is -0.160. The number of hydrogen-bond donors (Lipinski definition) is 0. The van der Waals surface area contributed by atoms with E-state index in [0.717, 1.165) is 5.56 Å². The number of carbonyl (C=O) groups is 3. The van der Waals surface area contributed by atoms with E-state index in [0.29, 0.717) is 23.6 Å². The highest BCUT2D eigenvalue weighted by Gasteiger charge is 2.22. The van der Waals surface area contributed by atoms with Gasteiger partial charge in [-0.05, 0) is 37.6 Å². The van der Waals surface area contributed by atoms with Gasteiger partial charge < -0.3 is 19.1 Å². The van der Waals surface area contributed by atoms with Gasteiger partial charge >= 0.3 is 5.97 Å². The minimum Gasteiger partial charge on any atom is -0.493 e. The number of ketones is 1. The van der Waals surface area contributed by atoms with E-state index < -0.39 is 18.7 Å². The number of benzene rings is 2. The van der Waals surface area contributed by atoms with E-state index in [1.807, 2.05) is 30.3 Å². The smallest absolute Gasteiger partial charge is 0.344 e. The van der Waals surface area contributed by atoms with Crippen LogP contribution in [-0.4, -0.2) is 49.4 Å². The van der Waals surface area contributed by atoms with E-state index in [9.17, 15) is 14.4 Å². The molecule has 7 nitrogen and oxygen atoms in total. The van der Waals surface area contributed by atoms with Gasteiger partial charge in [-0.1, -0.05) is 30.3 Å². The highest BCUT2D eigenvalue weighted by atomic mass is 16.6. The fourth-order valence-corrected chi connectivity index (χ4v) is 2.67. The highest BCUT2D eigenvalue weighted by Crippen LogP contribution is 2.28. The van der Waals surface area contributed by atoms with Crippen LogP contribution in [0.3, 0.4) is 0 Å². The molecule has 0 aliphatic carbocycles. The fraction of sp³-hybridized carbons (Fsp3) is 0.318. The van der Waals surface area contributed by atoms with Gasteiger partial charge in [0.05, 0.1) is 7.11 Å². The van der Waals surface area contributed by atoms with Crippen LogP contribution < -0.4 is 9.47 Å². The van der Waals surface area contributed by atoms with Gasteiger partial charge in [-0.2, -0.15) is 0 Å². The van der Waals surface area contributed by atoms with Gasteiger partial charge in [0.15, 0.2) is 30.0 Å². The largest absolute Gasteiger partial charge is 0.493 e. The molecule has 0 heterocycles. The minimum atomic E-state index is -0.943. The molecule has 0 bridgehead atoms. The van der Waals surface area contributed by atoms with Gasteiger partial charge in [-0.25, -0.2) is 4.79 Å². The zero-order chi connectivity index (χ0) is 21.4. The molecule has 7 heteroatoms. The van der Waals surface area contributed by atoms with Gasteiger partial charge in [0.25, 0.3) is 5.91 Å². The SMILES string of the molecule is COc1cc(C(C)=O)ccc1OCC(=O)O[C@H](C)C(=O)N(C)Cc1ccccc1. The lowest BCUT2D eigenvalue weighted by Gasteiger charge is -2.21. The number of hydrogen-bond acceptors (Lipinski definition) is 6. The molecule has 1 atom stereocenters. The maximum absolute atomic E-state index is 12.4. The molecule has 0 aromatic heterocycles. The number of methoxy groups -OCH3 is 1. The van der Waals surface area contributed by atoms with Crippen molar-refractivity contribution in [3.63, 3.8) is 0 Å². The molecule has 0 fully saturated rings. The van der Waals surface area contributed by atoms with Gasteiger partial charge in [0.2, 0.25) is 0 Å². The number of likely N-dealkylation sites (N-methyl/N-ethyl adjacent to an activating group) is 1. The third kappa shape index (κ3) is 6.34. The molecule has 0 spiro atoms. The normalized spacial score (nSPS) is 11.3. The molecule has 2 aromatic carbocycles. The van der Waals surface area contributed by atoms with Crippen molar-refractivity contribution in [2.75, 3.05) is 20.8 Å². The van der Waals surface area contributed by atoms with Crippen molar-refractivity contribution in [2.24, 2.45) is 0 Å². The zero-order valence-electron chi connectivity index (χ0n) is 17.0. The van der Waals surface area contributed by atoms with Crippen LogP contribution in [0.15, 0.2) is 48.5 Å². The zero-order valence-corrected chi connectivity index (χ0v) is 17.0. The van der Waals surface area contributed by atoms with Gasteiger partial charge in [0, 0.05) is 19.2 Å². The van der Waals surface area contributed by atoms with Crippen molar-refractivity contribution >= 4 is 17.7 Å². The summed E-state index contributed by atoms with van der Waals surface area (Å²) >= 11 is 0.